The minimum Gasteiger partial charge on any atom is -0.296 e. The highest BCUT2D eigenvalue weighted by Crippen LogP contribution is 2.29. The van der Waals surface area contributed by atoms with Crippen LogP contribution in [0, 0.1) is 0 Å². The lowest BCUT2D eigenvalue weighted by molar-refractivity contribution is 0.878. The van der Waals surface area contributed by atoms with Crippen LogP contribution in [0.25, 0.3) is 10.9 Å². The molecule has 0 bridgehead atoms. The second kappa shape index (κ2) is 7.87. The lowest BCUT2D eigenvalue weighted by atomic mass is 10.2. The quantitative estimate of drug-likeness (QED) is 0.388. The smallest absolute Gasteiger partial charge is 0.0817 e. The second-order valence-corrected chi connectivity index (χ2v) is 6.94. The van der Waals surface area contributed by atoms with E-state index in [1.54, 1.807) is 0 Å². The van der Waals surface area contributed by atoms with E-state index >= 15 is 0 Å². The molecule has 1 aromatic heterocycles. The van der Waals surface area contributed by atoms with E-state index < -0.39 is 0 Å². The van der Waals surface area contributed by atoms with E-state index in [9.17, 15) is 0 Å². The highest BCUT2D eigenvalue weighted by atomic mass is 35.5. The summed E-state index contributed by atoms with van der Waals surface area (Å²) in [6.07, 6.45) is 0. The molecule has 0 atom stereocenters. The summed E-state index contributed by atoms with van der Waals surface area (Å²) >= 11 is 12.8. The monoisotopic (exact) mass is 393 g/mol. The number of nitrogens with one attached hydrogen (secondary N) is 1. The van der Waals surface area contributed by atoms with Crippen LogP contribution in [-0.2, 0) is 6.54 Å². The van der Waals surface area contributed by atoms with Crippen molar-refractivity contribution in [2.24, 2.45) is 0 Å². The summed E-state index contributed by atoms with van der Waals surface area (Å²) in [5, 5.41) is 4.36. The van der Waals surface area contributed by atoms with Gasteiger partial charge in [-0.25, -0.2) is 0 Å². The van der Waals surface area contributed by atoms with E-state index in [0.717, 1.165) is 28.0 Å². The van der Waals surface area contributed by atoms with Crippen molar-refractivity contribution in [1.82, 2.24) is 4.98 Å². The van der Waals surface area contributed by atoms with Crippen LogP contribution >= 0.6 is 23.2 Å². The van der Waals surface area contributed by atoms with Gasteiger partial charge in [0.2, 0.25) is 0 Å². The number of benzene rings is 3. The van der Waals surface area contributed by atoms with Crippen molar-refractivity contribution in [3.63, 3.8) is 0 Å². The van der Waals surface area contributed by atoms with Crippen molar-refractivity contribution in [2.45, 2.75) is 6.54 Å². The van der Waals surface area contributed by atoms with E-state index in [4.69, 9.17) is 28.2 Å². The molecule has 0 radical (unpaired) electrons. The van der Waals surface area contributed by atoms with Gasteiger partial charge in [0.15, 0.2) is 0 Å². The molecule has 0 aliphatic rings. The van der Waals surface area contributed by atoms with Crippen LogP contribution in [0.1, 0.15) is 5.69 Å². The van der Waals surface area contributed by atoms with Crippen LogP contribution in [0.15, 0.2) is 84.9 Å². The van der Waals surface area contributed by atoms with Gasteiger partial charge in [0.25, 0.3) is 0 Å². The van der Waals surface area contributed by atoms with Gasteiger partial charge in [-0.1, -0.05) is 71.7 Å². The number of hydrazine groups is 1. The highest BCUT2D eigenvalue weighted by molar-refractivity contribution is 6.34. The Morgan fingerprint density at radius 1 is 0.741 bits per heavy atom. The largest absolute Gasteiger partial charge is 0.296 e. The first-order chi connectivity index (χ1) is 13.2. The van der Waals surface area contributed by atoms with Gasteiger partial charge in [0.05, 0.1) is 39.2 Å². The number of hydrogen-bond acceptors (Lipinski definition) is 3. The number of hydrogen-bond donors (Lipinski definition) is 1. The zero-order chi connectivity index (χ0) is 18.6. The fraction of sp³-hybridized carbons (Fsp3) is 0.0455. The normalized spacial score (nSPS) is 10.7. The van der Waals surface area contributed by atoms with Gasteiger partial charge in [-0.2, -0.15) is 0 Å². The molecule has 1 N–H and O–H groups in total. The molecule has 4 aromatic rings. The molecular weight excluding hydrogens is 377 g/mol. The molecule has 0 aliphatic heterocycles. The number of rotatable bonds is 5. The zero-order valence-electron chi connectivity index (χ0n) is 14.4. The number of nitrogens with zero attached hydrogens (tertiary/aromatic N) is 2. The highest BCUT2D eigenvalue weighted by Gasteiger charge is 2.13. The summed E-state index contributed by atoms with van der Waals surface area (Å²) in [4.78, 5) is 4.78. The maximum Gasteiger partial charge on any atom is 0.0817 e. The summed E-state index contributed by atoms with van der Waals surface area (Å²) in [5.74, 6) is 0. The lowest BCUT2D eigenvalue weighted by Gasteiger charge is -2.27. The molecule has 0 amide bonds. The van der Waals surface area contributed by atoms with Crippen molar-refractivity contribution >= 4 is 45.5 Å². The summed E-state index contributed by atoms with van der Waals surface area (Å²) < 4.78 is 0. The number of aromatic nitrogens is 1. The molecule has 0 fully saturated rings. The van der Waals surface area contributed by atoms with Gasteiger partial charge in [-0.3, -0.25) is 15.4 Å². The third-order valence-electron chi connectivity index (χ3n) is 4.25. The summed E-state index contributed by atoms with van der Waals surface area (Å²) in [6, 6.07) is 27.5. The average Bonchev–Trinajstić information content (AvgIpc) is 2.69. The Balaban J connectivity index is 1.70. The van der Waals surface area contributed by atoms with E-state index in [1.807, 2.05) is 77.8 Å². The SMILES string of the molecule is Clc1ccccc1NN(Cc1ccc2ccccc2n1)c1ccccc1Cl. The molecule has 27 heavy (non-hydrogen) atoms. The van der Waals surface area contributed by atoms with Gasteiger partial charge in [0.1, 0.15) is 0 Å². The summed E-state index contributed by atoms with van der Waals surface area (Å²) in [6.45, 7) is 0.528. The third kappa shape index (κ3) is 4.00. The topological polar surface area (TPSA) is 28.2 Å². The fourth-order valence-corrected chi connectivity index (χ4v) is 3.33. The first kappa shape index (κ1) is 17.7. The van der Waals surface area contributed by atoms with Crippen molar-refractivity contribution in [3.05, 3.63) is 101 Å². The minimum atomic E-state index is 0.528. The van der Waals surface area contributed by atoms with Crippen LogP contribution in [0.3, 0.4) is 0 Å². The number of fused-ring (bicyclic) bond motifs is 1. The van der Waals surface area contributed by atoms with Crippen LogP contribution < -0.4 is 10.4 Å². The molecule has 1 heterocycles. The van der Waals surface area contributed by atoms with Gasteiger partial charge < -0.3 is 0 Å². The third-order valence-corrected chi connectivity index (χ3v) is 4.90. The van der Waals surface area contributed by atoms with E-state index in [1.165, 1.54) is 0 Å². The van der Waals surface area contributed by atoms with Crippen molar-refractivity contribution in [2.75, 3.05) is 10.4 Å². The Hall–Kier alpha value is -2.75. The Bertz CT molecular complexity index is 1080. The zero-order valence-corrected chi connectivity index (χ0v) is 16.0. The van der Waals surface area contributed by atoms with Crippen molar-refractivity contribution in [3.8, 4) is 0 Å². The number of pyridine rings is 1. The van der Waals surface area contributed by atoms with Gasteiger partial charge in [-0.05, 0) is 36.4 Å². The number of para-hydroxylation sites is 3. The molecule has 0 spiro atoms. The Morgan fingerprint density at radius 2 is 1.44 bits per heavy atom. The minimum absolute atomic E-state index is 0.528. The maximum atomic E-state index is 6.45. The maximum absolute atomic E-state index is 6.45. The molecule has 0 aliphatic carbocycles. The van der Waals surface area contributed by atoms with E-state index in [0.29, 0.717) is 16.6 Å². The summed E-state index contributed by atoms with van der Waals surface area (Å²) in [5.41, 5.74) is 6.93. The van der Waals surface area contributed by atoms with Crippen LogP contribution in [0.5, 0.6) is 0 Å². The molecule has 0 saturated carbocycles. The van der Waals surface area contributed by atoms with Crippen molar-refractivity contribution < 1.29 is 0 Å². The fourth-order valence-electron chi connectivity index (χ4n) is 2.91. The predicted octanol–water partition coefficient (Wildman–Crippen LogP) is 6.58. The van der Waals surface area contributed by atoms with Gasteiger partial charge >= 0.3 is 0 Å². The average molecular weight is 394 g/mol. The van der Waals surface area contributed by atoms with E-state index in [-0.39, 0.29) is 0 Å². The van der Waals surface area contributed by atoms with Gasteiger partial charge in [0, 0.05) is 5.39 Å². The molecule has 3 aromatic carbocycles. The van der Waals surface area contributed by atoms with Crippen LogP contribution in [0.2, 0.25) is 10.0 Å². The molecule has 0 unspecified atom stereocenters. The molecule has 134 valence electrons. The number of anilines is 2. The van der Waals surface area contributed by atoms with Crippen LogP contribution in [0.4, 0.5) is 11.4 Å². The predicted molar refractivity (Wildman–Crippen MR) is 114 cm³/mol. The van der Waals surface area contributed by atoms with E-state index in [2.05, 4.69) is 17.6 Å². The van der Waals surface area contributed by atoms with Crippen molar-refractivity contribution in [1.29, 1.82) is 0 Å². The first-order valence-electron chi connectivity index (χ1n) is 8.58. The Kier molecular flexibility index (Phi) is 5.14. The van der Waals surface area contributed by atoms with Gasteiger partial charge in [-0.15, -0.1) is 0 Å². The summed E-state index contributed by atoms with van der Waals surface area (Å²) in [7, 11) is 0. The standard InChI is InChI=1S/C22H17Cl2N3/c23-18-8-2-5-11-21(18)26-27(22-12-6-3-9-19(22)24)15-17-14-13-16-7-1-4-10-20(16)25-17/h1-14,26H,15H2. The molecule has 5 heteroatoms. The van der Waals surface area contributed by atoms with Crippen LogP contribution in [-0.4, -0.2) is 4.98 Å². The lowest BCUT2D eigenvalue weighted by Crippen LogP contribution is -2.30. The first-order valence-corrected chi connectivity index (χ1v) is 9.34. The Morgan fingerprint density at radius 3 is 2.26 bits per heavy atom. The second-order valence-electron chi connectivity index (χ2n) is 6.12. The Labute approximate surface area is 168 Å². The molecule has 3 nitrogen and oxygen atoms in total. The molecule has 4 rings (SSSR count). The number of halogens is 2. The molecular formula is C22H17Cl2N3. The molecule has 0 saturated heterocycles.